The van der Waals surface area contributed by atoms with E-state index < -0.39 is 45.8 Å². The predicted octanol–water partition coefficient (Wildman–Crippen LogP) is 4.44. The number of hydrogen-bond donors (Lipinski definition) is 2. The number of carbonyl (C=O) groups excluding carboxylic acids is 2. The second kappa shape index (κ2) is 12.1. The van der Waals surface area contributed by atoms with Crippen LogP contribution in [-0.4, -0.2) is 63.6 Å². The predicted molar refractivity (Wildman–Crippen MR) is 130 cm³/mol. The Hall–Kier alpha value is -3.92. The van der Waals surface area contributed by atoms with Gasteiger partial charge in [-0.1, -0.05) is 23.9 Å². The molecule has 2 amide bonds. The number of ether oxygens (including phenoxy) is 1. The van der Waals surface area contributed by atoms with Gasteiger partial charge >= 0.3 is 12.4 Å². The first kappa shape index (κ1) is 29.1. The van der Waals surface area contributed by atoms with Gasteiger partial charge in [-0.05, 0) is 46.3 Å². The second-order valence-corrected chi connectivity index (χ2v) is 9.49. The highest BCUT2D eigenvalue weighted by molar-refractivity contribution is 7.99. The summed E-state index contributed by atoms with van der Waals surface area (Å²) >= 11 is 0.451. The van der Waals surface area contributed by atoms with Crippen molar-refractivity contribution in [1.82, 2.24) is 25.5 Å². The van der Waals surface area contributed by atoms with Gasteiger partial charge < -0.3 is 15.0 Å². The Balaban J connectivity index is 1.63. The van der Waals surface area contributed by atoms with E-state index >= 15 is 0 Å². The van der Waals surface area contributed by atoms with Crippen LogP contribution in [-0.2, 0) is 33.1 Å². The number of nitrogens with one attached hydrogen (secondary N) is 2. The Labute approximate surface area is 227 Å². The zero-order chi connectivity index (χ0) is 28.9. The highest BCUT2D eigenvalue weighted by Gasteiger charge is 2.46. The molecule has 0 aliphatic carbocycles. The lowest BCUT2D eigenvalue weighted by Crippen LogP contribution is -2.39. The van der Waals surface area contributed by atoms with Gasteiger partial charge in [-0.2, -0.15) is 26.3 Å². The van der Waals surface area contributed by atoms with Gasteiger partial charge in [0, 0.05) is 34.6 Å². The number of halogens is 6. The van der Waals surface area contributed by atoms with Crippen molar-refractivity contribution in [3.63, 3.8) is 0 Å². The largest absolute Gasteiger partial charge is 0.418 e. The molecule has 0 spiro atoms. The molecule has 40 heavy (non-hydrogen) atoms. The van der Waals surface area contributed by atoms with E-state index in [1.165, 1.54) is 29.2 Å². The Kier molecular flexibility index (Phi) is 8.78. The average Bonchev–Trinajstić information content (AvgIpc) is 3.40. The first-order valence-electron chi connectivity index (χ1n) is 11.6. The lowest BCUT2D eigenvalue weighted by Gasteiger charge is -2.25. The molecule has 1 saturated heterocycles. The van der Waals surface area contributed by atoms with Gasteiger partial charge in [-0.15, -0.1) is 5.10 Å². The van der Waals surface area contributed by atoms with E-state index in [0.717, 1.165) is 24.3 Å². The van der Waals surface area contributed by atoms with Crippen molar-refractivity contribution in [3.8, 4) is 0 Å². The molecule has 212 valence electrons. The zero-order valence-electron chi connectivity index (χ0n) is 20.3. The van der Waals surface area contributed by atoms with Crippen molar-refractivity contribution in [2.45, 2.75) is 28.6 Å². The van der Waals surface area contributed by atoms with Crippen molar-refractivity contribution in [2.24, 2.45) is 0 Å². The smallest absolute Gasteiger partial charge is 0.378 e. The fourth-order valence-electron chi connectivity index (χ4n) is 3.84. The van der Waals surface area contributed by atoms with Crippen LogP contribution < -0.4 is 5.32 Å². The molecule has 1 aliphatic rings. The lowest BCUT2D eigenvalue weighted by molar-refractivity contribution is -0.163. The number of morpholine rings is 1. The monoisotopic (exact) mass is 586 g/mol. The number of carbonyl (C=O) groups is 2. The van der Waals surface area contributed by atoms with Gasteiger partial charge in [0.15, 0.2) is 5.82 Å². The van der Waals surface area contributed by atoms with Crippen LogP contribution in [0.25, 0.3) is 6.08 Å². The molecule has 9 nitrogen and oxygen atoms in total. The first-order valence-corrected chi connectivity index (χ1v) is 12.4. The molecule has 2 aromatic carbocycles. The number of aromatic amines is 1. The van der Waals surface area contributed by atoms with Crippen LogP contribution in [0.1, 0.15) is 22.5 Å². The maximum atomic E-state index is 14.1. The summed E-state index contributed by atoms with van der Waals surface area (Å²) in [5.74, 6) is -0.987. The lowest BCUT2D eigenvalue weighted by atomic mass is 9.99. The normalized spacial score (nSPS) is 14.5. The third-order valence-corrected chi connectivity index (χ3v) is 6.61. The number of rotatable bonds is 7. The van der Waals surface area contributed by atoms with Crippen molar-refractivity contribution in [2.75, 3.05) is 31.6 Å². The highest BCUT2D eigenvalue weighted by Crippen LogP contribution is 2.48. The highest BCUT2D eigenvalue weighted by atomic mass is 32.2. The van der Waals surface area contributed by atoms with E-state index in [9.17, 15) is 35.9 Å². The average molecular weight is 587 g/mol. The number of aromatic nitrogens is 4. The zero-order valence-corrected chi connectivity index (χ0v) is 21.2. The van der Waals surface area contributed by atoms with Crippen molar-refractivity contribution in [3.05, 3.63) is 65.0 Å². The summed E-state index contributed by atoms with van der Waals surface area (Å²) in [5, 5.41) is 15.2. The van der Waals surface area contributed by atoms with Crippen LogP contribution in [0.2, 0.25) is 0 Å². The van der Waals surface area contributed by atoms with Crippen LogP contribution in [0.3, 0.4) is 0 Å². The number of nitrogens with zero attached hydrogens (tertiary/aromatic N) is 4. The molecule has 3 aromatic rings. The topological polar surface area (TPSA) is 113 Å². The third kappa shape index (κ3) is 7.38. The number of alkyl halides is 6. The molecule has 0 bridgehead atoms. The molecular formula is C24H20F6N6O3S. The second-order valence-electron chi connectivity index (χ2n) is 8.37. The van der Waals surface area contributed by atoms with Crippen LogP contribution in [0.4, 0.5) is 32.0 Å². The number of tetrazole rings is 1. The molecular weight excluding hydrogens is 566 g/mol. The van der Waals surface area contributed by atoms with Gasteiger partial charge in [-0.3, -0.25) is 9.59 Å². The summed E-state index contributed by atoms with van der Waals surface area (Å²) in [5.41, 5.74) is -4.37. The molecule has 1 fully saturated rings. The van der Waals surface area contributed by atoms with Gasteiger partial charge in [0.05, 0.1) is 30.8 Å². The summed E-state index contributed by atoms with van der Waals surface area (Å²) < 4.78 is 89.8. The standard InChI is InChI=1S/C24H20F6N6O3S/c25-23(26,27)21-14(5-7-20(38)36-8-10-39-11-9-36)4-6-17(22(21)24(28,29)30)40-16-3-1-2-15(12-16)31-19(37)13-18-32-34-35-33-18/h1-7,12H,8-11,13H2,(H,31,37)(H,32,33,34,35)/b7-5+. The van der Waals surface area contributed by atoms with E-state index in [1.54, 1.807) is 0 Å². The number of hydrogen-bond acceptors (Lipinski definition) is 7. The van der Waals surface area contributed by atoms with Crippen LogP contribution >= 0.6 is 11.8 Å². The van der Waals surface area contributed by atoms with Gasteiger partial charge in [0.2, 0.25) is 11.8 Å². The van der Waals surface area contributed by atoms with Crippen LogP contribution in [0.5, 0.6) is 0 Å². The van der Waals surface area contributed by atoms with Gasteiger partial charge in [0.25, 0.3) is 0 Å². The van der Waals surface area contributed by atoms with Crippen LogP contribution in [0, 0.1) is 0 Å². The summed E-state index contributed by atoms with van der Waals surface area (Å²) in [7, 11) is 0. The Morgan fingerprint density at radius 3 is 2.42 bits per heavy atom. The Bertz CT molecular complexity index is 1390. The molecule has 0 saturated carbocycles. The molecule has 2 N–H and O–H groups in total. The quantitative estimate of drug-likeness (QED) is 0.311. The minimum absolute atomic E-state index is 0.142. The molecule has 0 atom stereocenters. The van der Waals surface area contributed by atoms with E-state index in [-0.39, 0.29) is 49.1 Å². The van der Waals surface area contributed by atoms with Gasteiger partial charge in [0.1, 0.15) is 0 Å². The molecule has 0 radical (unpaired) electrons. The Morgan fingerprint density at radius 1 is 1.05 bits per heavy atom. The van der Waals surface area contributed by atoms with Crippen molar-refractivity contribution < 1.29 is 40.7 Å². The van der Waals surface area contributed by atoms with E-state index in [4.69, 9.17) is 4.74 Å². The Morgan fingerprint density at radius 2 is 1.77 bits per heavy atom. The summed E-state index contributed by atoms with van der Waals surface area (Å²) in [6, 6.07) is 7.42. The molecule has 16 heteroatoms. The summed E-state index contributed by atoms with van der Waals surface area (Å²) in [6.07, 6.45) is -9.40. The molecule has 4 rings (SSSR count). The number of H-pyrrole nitrogens is 1. The maximum absolute atomic E-state index is 14.1. The fourth-order valence-corrected chi connectivity index (χ4v) is 4.88. The van der Waals surface area contributed by atoms with Gasteiger partial charge in [-0.25, -0.2) is 5.10 Å². The molecule has 0 unspecified atom stereocenters. The summed E-state index contributed by atoms with van der Waals surface area (Å²) in [4.78, 5) is 25.3. The number of amides is 2. The molecule has 1 aromatic heterocycles. The number of benzene rings is 2. The summed E-state index contributed by atoms with van der Waals surface area (Å²) in [6.45, 7) is 0.938. The molecule has 2 heterocycles. The minimum Gasteiger partial charge on any atom is -0.378 e. The maximum Gasteiger partial charge on any atom is 0.418 e. The minimum atomic E-state index is -5.38. The van der Waals surface area contributed by atoms with Crippen LogP contribution in [0.15, 0.2) is 52.3 Å². The fraction of sp³-hybridized carbons (Fsp3) is 0.292. The van der Waals surface area contributed by atoms with E-state index in [0.29, 0.717) is 11.8 Å². The third-order valence-electron chi connectivity index (χ3n) is 5.56. The van der Waals surface area contributed by atoms with E-state index in [1.807, 2.05) is 0 Å². The van der Waals surface area contributed by atoms with Crippen molar-refractivity contribution in [1.29, 1.82) is 0 Å². The first-order chi connectivity index (χ1) is 18.9. The number of anilines is 1. The SMILES string of the molecule is O=C(Cc1nnn[nH]1)Nc1cccc(Sc2ccc(/C=C/C(=O)N3CCOCC3)c(C(F)(F)F)c2C(F)(F)F)c1. The van der Waals surface area contributed by atoms with E-state index in [2.05, 4.69) is 25.9 Å². The van der Waals surface area contributed by atoms with Crippen molar-refractivity contribution >= 4 is 35.3 Å². The molecule has 1 aliphatic heterocycles.